The second-order valence-electron chi connectivity index (χ2n) is 6.83. The molecule has 0 unspecified atom stereocenters. The molecule has 158 valence electrons. The lowest BCUT2D eigenvalue weighted by Crippen LogP contribution is -2.39. The zero-order chi connectivity index (χ0) is 21.5. The number of hydrogen-bond donors (Lipinski definition) is 1. The van der Waals surface area contributed by atoms with Crippen LogP contribution >= 0.6 is 0 Å². The molecule has 0 radical (unpaired) electrons. The van der Waals surface area contributed by atoms with Crippen LogP contribution in [0.15, 0.2) is 48.5 Å². The van der Waals surface area contributed by atoms with E-state index in [1.807, 2.05) is 24.3 Å². The number of carbonyl (C=O) groups excluding carboxylic acids is 1. The van der Waals surface area contributed by atoms with Crippen molar-refractivity contribution >= 4 is 17.4 Å². The number of carbonyl (C=O) groups is 2. The molecular weight excluding hydrogens is 386 g/mol. The van der Waals surface area contributed by atoms with Crippen LogP contribution in [0.5, 0.6) is 11.5 Å². The van der Waals surface area contributed by atoms with Crippen molar-refractivity contribution in [1.82, 2.24) is 4.90 Å². The molecular formula is C23H25NO6. The van der Waals surface area contributed by atoms with Gasteiger partial charge in [0, 0.05) is 19.2 Å². The number of methoxy groups -OCH3 is 2. The highest BCUT2D eigenvalue weighted by molar-refractivity contribution is 5.99. The van der Waals surface area contributed by atoms with Crippen molar-refractivity contribution in [3.8, 4) is 11.5 Å². The Balaban J connectivity index is 2.01. The van der Waals surface area contributed by atoms with Crippen LogP contribution in [0.2, 0.25) is 0 Å². The van der Waals surface area contributed by atoms with Gasteiger partial charge in [0.05, 0.1) is 33.9 Å². The van der Waals surface area contributed by atoms with Gasteiger partial charge in [-0.25, -0.2) is 0 Å². The van der Waals surface area contributed by atoms with Crippen LogP contribution in [0, 0.1) is 0 Å². The molecule has 1 heterocycles. The Kier molecular flexibility index (Phi) is 7.08. The monoisotopic (exact) mass is 411 g/mol. The molecule has 7 heteroatoms. The smallest absolute Gasteiger partial charge is 0.307 e. The molecule has 3 rings (SSSR count). The first-order chi connectivity index (χ1) is 14.5. The minimum absolute atomic E-state index is 0.0532. The van der Waals surface area contributed by atoms with Gasteiger partial charge in [-0.3, -0.25) is 9.59 Å². The van der Waals surface area contributed by atoms with E-state index >= 15 is 0 Å². The molecule has 0 atom stereocenters. The number of carboxylic acid groups (broad SMARTS) is 1. The van der Waals surface area contributed by atoms with Gasteiger partial charge >= 0.3 is 5.97 Å². The Morgan fingerprint density at radius 1 is 1.00 bits per heavy atom. The zero-order valence-electron chi connectivity index (χ0n) is 17.1. The van der Waals surface area contributed by atoms with Gasteiger partial charge in [-0.05, 0) is 34.4 Å². The van der Waals surface area contributed by atoms with E-state index in [4.69, 9.17) is 19.3 Å². The van der Waals surface area contributed by atoms with Crippen LogP contribution in [0.3, 0.4) is 0 Å². The van der Waals surface area contributed by atoms with E-state index in [9.17, 15) is 9.59 Å². The van der Waals surface area contributed by atoms with Crippen molar-refractivity contribution in [2.45, 2.75) is 6.42 Å². The Labute approximate surface area is 175 Å². The lowest BCUT2D eigenvalue weighted by Gasteiger charge is -2.26. The van der Waals surface area contributed by atoms with Crippen molar-refractivity contribution in [3.63, 3.8) is 0 Å². The van der Waals surface area contributed by atoms with Crippen molar-refractivity contribution in [2.24, 2.45) is 0 Å². The first-order valence-electron chi connectivity index (χ1n) is 9.63. The molecule has 0 aromatic heterocycles. The van der Waals surface area contributed by atoms with Crippen LogP contribution in [0.1, 0.15) is 16.7 Å². The summed E-state index contributed by atoms with van der Waals surface area (Å²) in [6.45, 7) is 2.14. The van der Waals surface area contributed by atoms with Crippen molar-refractivity contribution in [3.05, 3.63) is 65.2 Å². The van der Waals surface area contributed by atoms with Crippen LogP contribution in [-0.2, 0) is 20.7 Å². The van der Waals surface area contributed by atoms with Gasteiger partial charge in [0.2, 0.25) is 5.91 Å². The summed E-state index contributed by atoms with van der Waals surface area (Å²) in [7, 11) is 3.13. The molecule has 2 aromatic rings. The maximum atomic E-state index is 12.9. The number of morpholine rings is 1. The lowest BCUT2D eigenvalue weighted by atomic mass is 9.95. The number of hydrogen-bond acceptors (Lipinski definition) is 5. The predicted molar refractivity (Wildman–Crippen MR) is 112 cm³/mol. The summed E-state index contributed by atoms with van der Waals surface area (Å²) in [6.07, 6.45) is 1.56. The third kappa shape index (κ3) is 5.18. The number of amides is 1. The number of ether oxygens (including phenoxy) is 3. The van der Waals surface area contributed by atoms with Crippen molar-refractivity contribution in [2.75, 3.05) is 40.5 Å². The molecule has 0 bridgehead atoms. The SMILES string of the molecule is COc1ccc(/C(=C\C(=O)N2CCOCC2)c2ccc(CC(=O)O)cc2)cc1OC. The van der Waals surface area contributed by atoms with E-state index in [0.717, 1.165) is 11.1 Å². The lowest BCUT2D eigenvalue weighted by molar-refractivity contribution is -0.136. The largest absolute Gasteiger partial charge is 0.493 e. The summed E-state index contributed by atoms with van der Waals surface area (Å²) in [4.78, 5) is 25.6. The fourth-order valence-corrected chi connectivity index (χ4v) is 3.31. The second kappa shape index (κ2) is 9.93. The van der Waals surface area contributed by atoms with Crippen LogP contribution in [-0.4, -0.2) is 62.4 Å². The molecule has 1 saturated heterocycles. The Hall–Kier alpha value is -3.32. The molecule has 1 fully saturated rings. The fourth-order valence-electron chi connectivity index (χ4n) is 3.31. The van der Waals surface area contributed by atoms with E-state index in [2.05, 4.69) is 0 Å². The number of carboxylic acids is 1. The van der Waals surface area contributed by atoms with E-state index in [0.29, 0.717) is 48.9 Å². The van der Waals surface area contributed by atoms with Gasteiger partial charge in [0.15, 0.2) is 11.5 Å². The highest BCUT2D eigenvalue weighted by atomic mass is 16.5. The number of aliphatic carboxylic acids is 1. The molecule has 1 aliphatic heterocycles. The van der Waals surface area contributed by atoms with Gasteiger partial charge < -0.3 is 24.2 Å². The third-order valence-electron chi connectivity index (χ3n) is 4.91. The average molecular weight is 411 g/mol. The van der Waals surface area contributed by atoms with Gasteiger partial charge in [-0.1, -0.05) is 30.3 Å². The van der Waals surface area contributed by atoms with Gasteiger partial charge in [0.1, 0.15) is 0 Å². The molecule has 7 nitrogen and oxygen atoms in total. The number of nitrogens with zero attached hydrogens (tertiary/aromatic N) is 1. The summed E-state index contributed by atoms with van der Waals surface area (Å²) in [6, 6.07) is 12.7. The molecule has 1 N–H and O–H groups in total. The maximum absolute atomic E-state index is 12.9. The highest BCUT2D eigenvalue weighted by Gasteiger charge is 2.18. The summed E-state index contributed by atoms with van der Waals surface area (Å²) >= 11 is 0. The van der Waals surface area contributed by atoms with Crippen molar-refractivity contribution < 1.29 is 28.9 Å². The van der Waals surface area contributed by atoms with E-state index in [1.165, 1.54) is 0 Å². The van der Waals surface area contributed by atoms with Crippen LogP contribution in [0.4, 0.5) is 0 Å². The minimum Gasteiger partial charge on any atom is -0.493 e. The average Bonchev–Trinajstić information content (AvgIpc) is 2.77. The van der Waals surface area contributed by atoms with E-state index in [1.54, 1.807) is 43.4 Å². The topological polar surface area (TPSA) is 85.3 Å². The van der Waals surface area contributed by atoms with Gasteiger partial charge in [-0.15, -0.1) is 0 Å². The van der Waals surface area contributed by atoms with Gasteiger partial charge in [0.25, 0.3) is 0 Å². The highest BCUT2D eigenvalue weighted by Crippen LogP contribution is 2.33. The molecule has 2 aromatic carbocycles. The summed E-state index contributed by atoms with van der Waals surface area (Å²) < 4.78 is 16.1. The molecule has 0 spiro atoms. The van der Waals surface area contributed by atoms with E-state index in [-0.39, 0.29) is 12.3 Å². The summed E-state index contributed by atoms with van der Waals surface area (Å²) in [5.41, 5.74) is 3.00. The van der Waals surface area contributed by atoms with Crippen LogP contribution in [0.25, 0.3) is 5.57 Å². The van der Waals surface area contributed by atoms with Gasteiger partial charge in [-0.2, -0.15) is 0 Å². The molecule has 30 heavy (non-hydrogen) atoms. The minimum atomic E-state index is -0.888. The third-order valence-corrected chi connectivity index (χ3v) is 4.91. The molecule has 1 amide bonds. The first-order valence-corrected chi connectivity index (χ1v) is 9.63. The van der Waals surface area contributed by atoms with E-state index < -0.39 is 5.97 Å². The Morgan fingerprint density at radius 2 is 1.63 bits per heavy atom. The molecule has 1 aliphatic rings. The number of rotatable bonds is 7. The Morgan fingerprint density at radius 3 is 2.23 bits per heavy atom. The van der Waals surface area contributed by atoms with Crippen molar-refractivity contribution in [1.29, 1.82) is 0 Å². The predicted octanol–water partition coefficient (Wildman–Crippen LogP) is 2.62. The second-order valence-corrected chi connectivity index (χ2v) is 6.83. The zero-order valence-corrected chi connectivity index (χ0v) is 17.1. The Bertz CT molecular complexity index is 929. The molecule has 0 saturated carbocycles. The quantitative estimate of drug-likeness (QED) is 0.705. The van der Waals surface area contributed by atoms with Crippen LogP contribution < -0.4 is 9.47 Å². The summed E-state index contributed by atoms with van der Waals surface area (Å²) in [5, 5.41) is 9.00. The summed E-state index contributed by atoms with van der Waals surface area (Å²) in [5.74, 6) is 0.165. The first kappa shape index (κ1) is 21.4. The maximum Gasteiger partial charge on any atom is 0.307 e. The fraction of sp³-hybridized carbons (Fsp3) is 0.304. The normalized spacial score (nSPS) is 14.3. The molecule has 0 aliphatic carbocycles. The number of benzene rings is 2. The standard InChI is InChI=1S/C23H25NO6/c1-28-20-8-7-18(14-21(20)29-2)19(15-22(25)24-9-11-30-12-10-24)17-5-3-16(4-6-17)13-23(26)27/h3-8,14-15H,9-13H2,1-2H3,(H,26,27)/b19-15-.